The molecular weight excluding hydrogens is 334 g/mol. The lowest BCUT2D eigenvalue weighted by Gasteiger charge is -2.34. The van der Waals surface area contributed by atoms with E-state index in [2.05, 4.69) is 27.6 Å². The topological polar surface area (TPSA) is 91.6 Å². The number of carbonyl (C=O) groups excluding carboxylic acids is 2. The summed E-state index contributed by atoms with van der Waals surface area (Å²) in [6, 6.07) is 9.35. The van der Waals surface area contributed by atoms with Crippen LogP contribution in [-0.2, 0) is 11.2 Å². The third-order valence-corrected chi connectivity index (χ3v) is 4.37. The molecule has 1 saturated heterocycles. The smallest absolute Gasteiger partial charge is 0.318 e. The van der Waals surface area contributed by atoms with Crippen LogP contribution in [0, 0.1) is 6.92 Å². The van der Waals surface area contributed by atoms with Gasteiger partial charge >= 0.3 is 6.03 Å². The quantitative estimate of drug-likeness (QED) is 0.876. The van der Waals surface area contributed by atoms with Crippen LogP contribution >= 0.6 is 0 Å². The Balaban J connectivity index is 1.48. The number of amides is 3. The Morgan fingerprint density at radius 1 is 1.31 bits per heavy atom. The Bertz CT molecular complexity index is 761. The lowest BCUT2D eigenvalue weighted by atomic mass is 10.1. The molecule has 3 rings (SSSR count). The van der Waals surface area contributed by atoms with Crippen molar-refractivity contribution in [1.82, 2.24) is 25.3 Å². The number of urea groups is 1. The third kappa shape index (κ3) is 4.38. The van der Waals surface area contributed by atoms with Crippen molar-refractivity contribution in [2.45, 2.75) is 26.3 Å². The van der Waals surface area contributed by atoms with Crippen LogP contribution in [0.1, 0.15) is 30.2 Å². The largest absolute Gasteiger partial charge is 0.339 e. The number of aryl methyl sites for hydroxylation is 1. The lowest BCUT2D eigenvalue weighted by Crippen LogP contribution is -2.55. The van der Waals surface area contributed by atoms with Crippen molar-refractivity contribution in [2.24, 2.45) is 0 Å². The van der Waals surface area contributed by atoms with Gasteiger partial charge in [0.05, 0.1) is 0 Å². The summed E-state index contributed by atoms with van der Waals surface area (Å²) in [5, 5.41) is 6.51. The lowest BCUT2D eigenvalue weighted by molar-refractivity contribution is -0.134. The maximum absolute atomic E-state index is 12.4. The normalized spacial score (nSPS) is 15.8. The highest BCUT2D eigenvalue weighted by molar-refractivity contribution is 5.85. The second-order valence-electron chi connectivity index (χ2n) is 6.39. The Hall–Kier alpha value is -2.90. The number of nitrogens with zero attached hydrogens (tertiary/aromatic N) is 4. The molecule has 3 amide bonds. The van der Waals surface area contributed by atoms with E-state index in [1.54, 1.807) is 13.8 Å². The molecule has 2 heterocycles. The summed E-state index contributed by atoms with van der Waals surface area (Å²) in [6.07, 6.45) is 0.812. The molecule has 1 atom stereocenters. The summed E-state index contributed by atoms with van der Waals surface area (Å²) in [5.41, 5.74) is 1.20. The van der Waals surface area contributed by atoms with Gasteiger partial charge in [0.25, 0.3) is 0 Å². The van der Waals surface area contributed by atoms with Crippen LogP contribution in [0.3, 0.4) is 0 Å². The fourth-order valence-electron chi connectivity index (χ4n) is 2.85. The first-order valence-electron chi connectivity index (χ1n) is 8.70. The van der Waals surface area contributed by atoms with E-state index in [-0.39, 0.29) is 18.5 Å². The molecule has 0 saturated carbocycles. The van der Waals surface area contributed by atoms with Crippen LogP contribution in [-0.4, -0.2) is 58.1 Å². The zero-order valence-electron chi connectivity index (χ0n) is 15.0. The van der Waals surface area contributed by atoms with Crippen LogP contribution < -0.4 is 5.32 Å². The number of piperazine rings is 1. The van der Waals surface area contributed by atoms with E-state index in [1.165, 1.54) is 10.5 Å². The van der Waals surface area contributed by atoms with Gasteiger partial charge in [0.2, 0.25) is 11.8 Å². The average molecular weight is 357 g/mol. The molecule has 8 nitrogen and oxygen atoms in total. The third-order valence-electron chi connectivity index (χ3n) is 4.37. The van der Waals surface area contributed by atoms with Gasteiger partial charge in [-0.05, 0) is 25.8 Å². The van der Waals surface area contributed by atoms with Crippen molar-refractivity contribution >= 4 is 11.9 Å². The van der Waals surface area contributed by atoms with Crippen molar-refractivity contribution in [1.29, 1.82) is 0 Å². The molecule has 1 aromatic heterocycles. The minimum absolute atomic E-state index is 0.0383. The van der Waals surface area contributed by atoms with E-state index >= 15 is 0 Å². The Morgan fingerprint density at radius 3 is 2.73 bits per heavy atom. The standard InChI is InChI=1S/C18H23N5O3/c1-13(17-20-14(2)21-26-17)19-18(25)23-11-10-22(16(24)12-23)9-8-15-6-4-3-5-7-15/h3-7,13H,8-12H2,1-2H3,(H,19,25)/t13-/m0/s1. The molecule has 138 valence electrons. The predicted octanol–water partition coefficient (Wildman–Crippen LogP) is 1.54. The van der Waals surface area contributed by atoms with E-state index in [0.29, 0.717) is 31.3 Å². The predicted molar refractivity (Wildman–Crippen MR) is 94.3 cm³/mol. The number of carbonyl (C=O) groups is 2. The molecule has 0 unspecified atom stereocenters. The van der Waals surface area contributed by atoms with Crippen molar-refractivity contribution < 1.29 is 14.1 Å². The zero-order chi connectivity index (χ0) is 18.5. The first kappa shape index (κ1) is 17.9. The minimum atomic E-state index is -0.407. The minimum Gasteiger partial charge on any atom is -0.339 e. The van der Waals surface area contributed by atoms with E-state index in [0.717, 1.165) is 6.42 Å². The molecule has 1 aliphatic rings. The van der Waals surface area contributed by atoms with Crippen LogP contribution in [0.15, 0.2) is 34.9 Å². The summed E-state index contributed by atoms with van der Waals surface area (Å²) < 4.78 is 5.06. The first-order valence-corrected chi connectivity index (χ1v) is 8.70. The summed E-state index contributed by atoms with van der Waals surface area (Å²) in [6.45, 7) is 5.26. The number of aromatic nitrogens is 2. The van der Waals surface area contributed by atoms with Gasteiger partial charge in [0.1, 0.15) is 12.6 Å². The highest BCUT2D eigenvalue weighted by atomic mass is 16.5. The summed E-state index contributed by atoms with van der Waals surface area (Å²) in [5.74, 6) is 0.829. The van der Waals surface area contributed by atoms with Gasteiger partial charge in [-0.3, -0.25) is 4.79 Å². The van der Waals surface area contributed by atoms with Crippen molar-refractivity contribution in [3.63, 3.8) is 0 Å². The number of nitrogens with one attached hydrogen (secondary N) is 1. The van der Waals surface area contributed by atoms with E-state index < -0.39 is 6.04 Å². The maximum Gasteiger partial charge on any atom is 0.318 e. The van der Waals surface area contributed by atoms with Crippen molar-refractivity contribution in [3.8, 4) is 0 Å². The van der Waals surface area contributed by atoms with E-state index in [1.807, 2.05) is 23.1 Å². The van der Waals surface area contributed by atoms with Gasteiger partial charge in [-0.15, -0.1) is 0 Å². The molecule has 8 heteroatoms. The van der Waals surface area contributed by atoms with Gasteiger partial charge in [0.15, 0.2) is 5.82 Å². The van der Waals surface area contributed by atoms with Crippen LogP contribution in [0.25, 0.3) is 0 Å². The van der Waals surface area contributed by atoms with Gasteiger partial charge in [0, 0.05) is 19.6 Å². The molecule has 0 bridgehead atoms. The molecule has 0 spiro atoms. The van der Waals surface area contributed by atoms with Crippen LogP contribution in [0.2, 0.25) is 0 Å². The Morgan fingerprint density at radius 2 is 2.08 bits per heavy atom. The number of hydrogen-bond donors (Lipinski definition) is 1. The molecule has 1 aliphatic heterocycles. The molecule has 2 aromatic rings. The summed E-state index contributed by atoms with van der Waals surface area (Å²) >= 11 is 0. The SMILES string of the molecule is Cc1noc([C@H](C)NC(=O)N2CCN(CCc3ccccc3)C(=O)C2)n1. The molecule has 26 heavy (non-hydrogen) atoms. The number of benzene rings is 1. The van der Waals surface area contributed by atoms with Crippen molar-refractivity contribution in [3.05, 3.63) is 47.6 Å². The Labute approximate surface area is 152 Å². The van der Waals surface area contributed by atoms with Gasteiger partial charge < -0.3 is 19.6 Å². The monoisotopic (exact) mass is 357 g/mol. The van der Waals surface area contributed by atoms with E-state index in [9.17, 15) is 9.59 Å². The maximum atomic E-state index is 12.4. The molecular formula is C18H23N5O3. The summed E-state index contributed by atoms with van der Waals surface area (Å²) in [4.78, 5) is 32.2. The molecule has 1 N–H and O–H groups in total. The van der Waals surface area contributed by atoms with Crippen molar-refractivity contribution in [2.75, 3.05) is 26.2 Å². The Kier molecular flexibility index (Phi) is 5.50. The molecule has 0 aliphatic carbocycles. The van der Waals surface area contributed by atoms with Gasteiger partial charge in [-0.1, -0.05) is 35.5 Å². The zero-order valence-corrected chi connectivity index (χ0v) is 15.0. The second-order valence-corrected chi connectivity index (χ2v) is 6.39. The fraction of sp³-hybridized carbons (Fsp3) is 0.444. The van der Waals surface area contributed by atoms with E-state index in [4.69, 9.17) is 4.52 Å². The van der Waals surface area contributed by atoms with Gasteiger partial charge in [-0.25, -0.2) is 4.79 Å². The molecule has 1 fully saturated rings. The van der Waals surface area contributed by atoms with Crippen LogP contribution in [0.4, 0.5) is 4.79 Å². The van der Waals surface area contributed by atoms with Gasteiger partial charge in [-0.2, -0.15) is 4.98 Å². The second kappa shape index (κ2) is 7.99. The highest BCUT2D eigenvalue weighted by Crippen LogP contribution is 2.11. The number of hydrogen-bond acceptors (Lipinski definition) is 5. The highest BCUT2D eigenvalue weighted by Gasteiger charge is 2.28. The molecule has 1 aromatic carbocycles. The number of rotatable bonds is 5. The summed E-state index contributed by atoms with van der Waals surface area (Å²) in [7, 11) is 0. The average Bonchev–Trinajstić information content (AvgIpc) is 3.08. The molecule has 0 radical (unpaired) electrons. The fourth-order valence-corrected chi connectivity index (χ4v) is 2.85. The first-order chi connectivity index (χ1) is 12.5. The van der Waals surface area contributed by atoms with Crippen LogP contribution in [0.5, 0.6) is 0 Å².